The molecule has 18 heavy (non-hydrogen) atoms. The number of halogens is 4. The van der Waals surface area contributed by atoms with Crippen molar-refractivity contribution in [3.05, 3.63) is 18.0 Å². The largest absolute Gasteiger partial charge is 0.433 e. The van der Waals surface area contributed by atoms with Gasteiger partial charge >= 0.3 is 6.18 Å². The number of hydrogen-bond donors (Lipinski definition) is 0. The number of piperidine rings is 1. The van der Waals surface area contributed by atoms with Crippen LogP contribution in [0.3, 0.4) is 0 Å². The van der Waals surface area contributed by atoms with E-state index in [1.807, 2.05) is 6.92 Å². The fourth-order valence-corrected chi connectivity index (χ4v) is 2.13. The number of alkyl halides is 4. The lowest BCUT2D eigenvalue weighted by atomic mass is 10.00. The van der Waals surface area contributed by atoms with Gasteiger partial charge in [0.05, 0.1) is 0 Å². The molecule has 2 rings (SSSR count). The van der Waals surface area contributed by atoms with Crippen LogP contribution in [0.1, 0.15) is 19.0 Å². The first kappa shape index (κ1) is 13.4. The van der Waals surface area contributed by atoms with Crippen molar-refractivity contribution >= 4 is 17.5 Å². The quantitative estimate of drug-likeness (QED) is 0.740. The summed E-state index contributed by atoms with van der Waals surface area (Å²) in [5.41, 5.74) is -0.909. The van der Waals surface area contributed by atoms with Gasteiger partial charge < -0.3 is 4.90 Å². The first-order valence-corrected chi connectivity index (χ1v) is 6.11. The van der Waals surface area contributed by atoms with Crippen LogP contribution in [0.15, 0.2) is 12.3 Å². The van der Waals surface area contributed by atoms with Gasteiger partial charge in [0.15, 0.2) is 0 Å². The molecule has 1 fully saturated rings. The number of aromatic nitrogens is 2. The highest BCUT2D eigenvalue weighted by molar-refractivity contribution is 6.20. The van der Waals surface area contributed by atoms with Crippen LogP contribution in [0.4, 0.5) is 19.1 Å². The van der Waals surface area contributed by atoms with E-state index in [0.717, 1.165) is 18.7 Å². The van der Waals surface area contributed by atoms with Gasteiger partial charge in [-0.3, -0.25) is 0 Å². The molecule has 1 aromatic heterocycles. The minimum Gasteiger partial charge on any atom is -0.340 e. The van der Waals surface area contributed by atoms with Crippen molar-refractivity contribution in [1.82, 2.24) is 9.97 Å². The Morgan fingerprint density at radius 1 is 1.44 bits per heavy atom. The summed E-state index contributed by atoms with van der Waals surface area (Å²) in [5.74, 6) is 0.332. The molecule has 0 bridgehead atoms. The van der Waals surface area contributed by atoms with Gasteiger partial charge in [-0.1, -0.05) is 6.92 Å². The van der Waals surface area contributed by atoms with Crippen LogP contribution in [0.25, 0.3) is 0 Å². The molecule has 3 nitrogen and oxygen atoms in total. The lowest BCUT2D eigenvalue weighted by Crippen LogP contribution is -2.41. The molecule has 1 saturated heterocycles. The Hall–Kier alpha value is -1.04. The zero-order valence-electron chi connectivity index (χ0n) is 9.78. The Labute approximate surface area is 108 Å². The maximum absolute atomic E-state index is 12.5. The Balaban J connectivity index is 2.19. The minimum absolute atomic E-state index is 0.0621. The van der Waals surface area contributed by atoms with Gasteiger partial charge in [-0.2, -0.15) is 13.2 Å². The molecule has 0 saturated carbocycles. The molecular weight excluding hydrogens is 267 g/mol. The number of hydrogen-bond acceptors (Lipinski definition) is 3. The zero-order chi connectivity index (χ0) is 13.3. The first-order chi connectivity index (χ1) is 8.38. The molecule has 0 aliphatic carbocycles. The van der Waals surface area contributed by atoms with E-state index in [0.29, 0.717) is 13.1 Å². The van der Waals surface area contributed by atoms with Crippen molar-refractivity contribution in [2.24, 2.45) is 5.92 Å². The maximum Gasteiger partial charge on any atom is 0.433 e. The SMILES string of the molecule is CC1CN(c2nccc(C(F)(F)F)n2)CCC1Cl. The lowest BCUT2D eigenvalue weighted by molar-refractivity contribution is -0.141. The van der Waals surface area contributed by atoms with Crippen LogP contribution in [-0.2, 0) is 6.18 Å². The Kier molecular flexibility index (Phi) is 3.66. The molecule has 1 aliphatic rings. The molecule has 0 N–H and O–H groups in total. The summed E-state index contributed by atoms with van der Waals surface area (Å²) in [7, 11) is 0. The molecule has 1 aromatic rings. The fraction of sp³-hybridized carbons (Fsp3) is 0.636. The molecule has 7 heteroatoms. The topological polar surface area (TPSA) is 29.0 Å². The third-order valence-corrected chi connectivity index (χ3v) is 3.67. The van der Waals surface area contributed by atoms with Crippen molar-refractivity contribution in [2.45, 2.75) is 24.9 Å². The predicted octanol–water partition coefficient (Wildman–Crippen LogP) is 2.95. The summed E-state index contributed by atoms with van der Waals surface area (Å²) >= 11 is 6.08. The normalized spacial score (nSPS) is 25.3. The summed E-state index contributed by atoms with van der Waals surface area (Å²) in [6.07, 6.45) is -2.57. The van der Waals surface area contributed by atoms with Crippen LogP contribution < -0.4 is 4.90 Å². The van der Waals surface area contributed by atoms with E-state index in [-0.39, 0.29) is 17.2 Å². The molecule has 0 aromatic carbocycles. The van der Waals surface area contributed by atoms with Crippen molar-refractivity contribution in [1.29, 1.82) is 0 Å². The fourth-order valence-electron chi connectivity index (χ4n) is 1.96. The van der Waals surface area contributed by atoms with Crippen LogP contribution in [0, 0.1) is 5.92 Å². The van der Waals surface area contributed by atoms with E-state index in [1.165, 1.54) is 0 Å². The molecule has 100 valence electrons. The van der Waals surface area contributed by atoms with Gasteiger partial charge in [-0.25, -0.2) is 9.97 Å². The van der Waals surface area contributed by atoms with Crippen molar-refractivity contribution in [2.75, 3.05) is 18.0 Å². The second-order valence-electron chi connectivity index (χ2n) is 4.47. The smallest absolute Gasteiger partial charge is 0.340 e. The highest BCUT2D eigenvalue weighted by Gasteiger charge is 2.34. The summed E-state index contributed by atoms with van der Waals surface area (Å²) in [6.45, 7) is 3.13. The minimum atomic E-state index is -4.44. The Morgan fingerprint density at radius 3 is 2.78 bits per heavy atom. The summed E-state index contributed by atoms with van der Waals surface area (Å²) in [6, 6.07) is 0.876. The van der Waals surface area contributed by atoms with Crippen LogP contribution in [0.2, 0.25) is 0 Å². The molecule has 2 atom stereocenters. The highest BCUT2D eigenvalue weighted by atomic mass is 35.5. The molecule has 0 amide bonds. The molecule has 0 spiro atoms. The second kappa shape index (κ2) is 4.91. The van der Waals surface area contributed by atoms with Gasteiger partial charge in [0.2, 0.25) is 5.95 Å². The molecule has 0 radical (unpaired) electrons. The first-order valence-electron chi connectivity index (χ1n) is 5.67. The van der Waals surface area contributed by atoms with Gasteiger partial charge in [0, 0.05) is 24.7 Å². The van der Waals surface area contributed by atoms with Crippen molar-refractivity contribution < 1.29 is 13.2 Å². The summed E-state index contributed by atoms with van der Waals surface area (Å²) in [5, 5.41) is 0.0621. The standard InChI is InChI=1S/C11H13ClF3N3/c1-7-6-18(5-3-8(7)12)10-16-4-2-9(17-10)11(13,14)15/h2,4,7-8H,3,5-6H2,1H3. The van der Waals surface area contributed by atoms with E-state index in [4.69, 9.17) is 11.6 Å². The van der Waals surface area contributed by atoms with Crippen molar-refractivity contribution in [3.63, 3.8) is 0 Å². The average Bonchev–Trinajstić information content (AvgIpc) is 2.32. The van der Waals surface area contributed by atoms with Crippen LogP contribution >= 0.6 is 11.6 Å². The van der Waals surface area contributed by atoms with Gasteiger partial charge in [-0.05, 0) is 18.4 Å². The number of nitrogens with zero attached hydrogens (tertiary/aromatic N) is 3. The van der Waals surface area contributed by atoms with E-state index in [2.05, 4.69) is 9.97 Å². The third kappa shape index (κ3) is 2.85. The number of rotatable bonds is 1. The highest BCUT2D eigenvalue weighted by Crippen LogP contribution is 2.29. The zero-order valence-corrected chi connectivity index (χ0v) is 10.5. The van der Waals surface area contributed by atoms with E-state index >= 15 is 0 Å². The number of anilines is 1. The lowest BCUT2D eigenvalue weighted by Gasteiger charge is -2.34. The van der Waals surface area contributed by atoms with Crippen LogP contribution in [0.5, 0.6) is 0 Å². The Morgan fingerprint density at radius 2 is 2.17 bits per heavy atom. The average molecular weight is 280 g/mol. The Bertz CT molecular complexity index is 424. The van der Waals surface area contributed by atoms with Gasteiger partial charge in [0.25, 0.3) is 0 Å². The van der Waals surface area contributed by atoms with E-state index < -0.39 is 11.9 Å². The maximum atomic E-state index is 12.5. The molecular formula is C11H13ClF3N3. The third-order valence-electron chi connectivity index (χ3n) is 3.02. The van der Waals surface area contributed by atoms with Gasteiger partial charge in [-0.15, -0.1) is 11.6 Å². The predicted molar refractivity (Wildman–Crippen MR) is 62.7 cm³/mol. The van der Waals surface area contributed by atoms with E-state index in [9.17, 15) is 13.2 Å². The van der Waals surface area contributed by atoms with Gasteiger partial charge in [0.1, 0.15) is 5.69 Å². The molecule has 2 unspecified atom stereocenters. The van der Waals surface area contributed by atoms with Crippen molar-refractivity contribution in [3.8, 4) is 0 Å². The summed E-state index contributed by atoms with van der Waals surface area (Å²) in [4.78, 5) is 9.23. The monoisotopic (exact) mass is 279 g/mol. The second-order valence-corrected chi connectivity index (χ2v) is 5.03. The summed E-state index contributed by atoms with van der Waals surface area (Å²) < 4.78 is 37.6. The van der Waals surface area contributed by atoms with Crippen LogP contribution in [-0.4, -0.2) is 28.4 Å². The van der Waals surface area contributed by atoms with E-state index in [1.54, 1.807) is 4.90 Å². The molecule has 1 aliphatic heterocycles. The molecule has 2 heterocycles.